The zero-order chi connectivity index (χ0) is 18.2. The average molecular weight is 402 g/mol. The highest BCUT2D eigenvalue weighted by molar-refractivity contribution is 9.10. The van der Waals surface area contributed by atoms with Gasteiger partial charge in [0.25, 0.3) is 5.91 Å². The summed E-state index contributed by atoms with van der Waals surface area (Å²) in [5.74, 6) is 1.02. The van der Waals surface area contributed by atoms with Crippen LogP contribution in [0, 0.1) is 0 Å². The van der Waals surface area contributed by atoms with E-state index in [1.807, 2.05) is 19.1 Å². The van der Waals surface area contributed by atoms with E-state index in [-0.39, 0.29) is 5.91 Å². The average Bonchev–Trinajstić information content (AvgIpc) is 2.59. The molecule has 0 fully saturated rings. The van der Waals surface area contributed by atoms with Crippen molar-refractivity contribution in [1.82, 2.24) is 0 Å². The maximum absolute atomic E-state index is 12.5. The summed E-state index contributed by atoms with van der Waals surface area (Å²) in [6.45, 7) is 10.1. The van der Waals surface area contributed by atoms with E-state index in [4.69, 9.17) is 9.47 Å². The molecule has 130 valence electrons. The maximum Gasteiger partial charge on any atom is 0.255 e. The van der Waals surface area contributed by atoms with Crippen LogP contribution in [-0.2, 0) is 0 Å². The zero-order valence-electron chi connectivity index (χ0n) is 14.0. The number of hydrogen-bond acceptors (Lipinski definition) is 3. The summed E-state index contributed by atoms with van der Waals surface area (Å²) in [5.41, 5.74) is 2.02. The largest absolute Gasteiger partial charge is 0.488 e. The molecule has 0 aromatic heterocycles. The lowest BCUT2D eigenvalue weighted by Gasteiger charge is -2.13. The summed E-state index contributed by atoms with van der Waals surface area (Å²) in [6.07, 6.45) is 1.66. The first-order valence-corrected chi connectivity index (χ1v) is 8.51. The van der Waals surface area contributed by atoms with Crippen LogP contribution in [0.3, 0.4) is 0 Å². The first-order chi connectivity index (χ1) is 12.0. The number of para-hydroxylation sites is 2. The molecule has 0 spiro atoms. The van der Waals surface area contributed by atoms with Gasteiger partial charge in [-0.1, -0.05) is 31.4 Å². The molecule has 0 bridgehead atoms. The van der Waals surface area contributed by atoms with Crippen LogP contribution in [0.4, 0.5) is 5.69 Å². The standard InChI is InChI=1S/C20H20BrNO3/c1-4-11-24-18-10-9-15(12-16(18)21)20(23)22-17-7-5-6-8-19(17)25-13-14(2)3/h4-10,12H,1-2,11,13H2,3H3,(H,22,23). The van der Waals surface area contributed by atoms with Crippen molar-refractivity contribution in [2.24, 2.45) is 0 Å². The Kier molecular flexibility index (Phi) is 6.83. The Hall–Kier alpha value is -2.53. The highest BCUT2D eigenvalue weighted by Crippen LogP contribution is 2.28. The second-order valence-electron chi connectivity index (χ2n) is 5.44. The number of anilines is 1. The molecule has 1 N–H and O–H groups in total. The maximum atomic E-state index is 12.5. The van der Waals surface area contributed by atoms with Gasteiger partial charge >= 0.3 is 0 Å². The molecule has 5 heteroatoms. The minimum atomic E-state index is -0.234. The van der Waals surface area contributed by atoms with Gasteiger partial charge in [-0.15, -0.1) is 0 Å². The van der Waals surface area contributed by atoms with Gasteiger partial charge in [0.05, 0.1) is 10.2 Å². The highest BCUT2D eigenvalue weighted by atomic mass is 79.9. The molecule has 0 aliphatic heterocycles. The van der Waals surface area contributed by atoms with Crippen LogP contribution in [-0.4, -0.2) is 19.1 Å². The quantitative estimate of drug-likeness (QED) is 0.616. The number of carbonyl (C=O) groups excluding carboxylic acids is 1. The minimum absolute atomic E-state index is 0.234. The Bertz CT molecular complexity index is 786. The van der Waals surface area contributed by atoms with Gasteiger partial charge in [-0.05, 0) is 58.8 Å². The number of amides is 1. The molecular formula is C20H20BrNO3. The molecule has 4 nitrogen and oxygen atoms in total. The molecule has 0 aliphatic rings. The van der Waals surface area contributed by atoms with Crippen LogP contribution in [0.25, 0.3) is 0 Å². The summed E-state index contributed by atoms with van der Waals surface area (Å²) in [5, 5.41) is 2.87. The molecule has 0 saturated carbocycles. The Balaban J connectivity index is 2.13. The van der Waals surface area contributed by atoms with E-state index < -0.39 is 0 Å². The van der Waals surface area contributed by atoms with Gasteiger partial charge in [-0.25, -0.2) is 0 Å². The molecule has 0 radical (unpaired) electrons. The van der Waals surface area contributed by atoms with Crippen molar-refractivity contribution in [2.75, 3.05) is 18.5 Å². The predicted molar refractivity (Wildman–Crippen MR) is 105 cm³/mol. The predicted octanol–water partition coefficient (Wildman–Crippen LogP) is 5.22. The van der Waals surface area contributed by atoms with Crippen molar-refractivity contribution in [2.45, 2.75) is 6.92 Å². The monoisotopic (exact) mass is 401 g/mol. The van der Waals surface area contributed by atoms with Crippen molar-refractivity contribution in [1.29, 1.82) is 0 Å². The normalized spacial score (nSPS) is 10.0. The number of rotatable bonds is 8. The van der Waals surface area contributed by atoms with Crippen molar-refractivity contribution in [3.8, 4) is 11.5 Å². The molecule has 0 atom stereocenters. The molecule has 0 aliphatic carbocycles. The summed E-state index contributed by atoms with van der Waals surface area (Å²) >= 11 is 3.41. The summed E-state index contributed by atoms with van der Waals surface area (Å²) in [6, 6.07) is 12.5. The lowest BCUT2D eigenvalue weighted by molar-refractivity contribution is 0.102. The number of hydrogen-bond donors (Lipinski definition) is 1. The second-order valence-corrected chi connectivity index (χ2v) is 6.30. The molecule has 0 heterocycles. The lowest BCUT2D eigenvalue weighted by Crippen LogP contribution is -2.13. The molecule has 2 rings (SSSR count). The van der Waals surface area contributed by atoms with E-state index in [2.05, 4.69) is 34.4 Å². The van der Waals surface area contributed by atoms with E-state index in [0.717, 1.165) is 5.57 Å². The first kappa shape index (κ1) is 18.8. The topological polar surface area (TPSA) is 47.6 Å². The van der Waals surface area contributed by atoms with Crippen LogP contribution in [0.15, 0.2) is 71.7 Å². The Morgan fingerprint density at radius 1 is 1.20 bits per heavy atom. The number of halogens is 1. The smallest absolute Gasteiger partial charge is 0.255 e. The Morgan fingerprint density at radius 2 is 1.96 bits per heavy atom. The Morgan fingerprint density at radius 3 is 2.64 bits per heavy atom. The van der Waals surface area contributed by atoms with Crippen molar-refractivity contribution in [3.05, 3.63) is 77.3 Å². The molecular weight excluding hydrogens is 382 g/mol. The lowest BCUT2D eigenvalue weighted by atomic mass is 10.2. The van der Waals surface area contributed by atoms with Gasteiger partial charge in [0.1, 0.15) is 24.7 Å². The fraction of sp³-hybridized carbons (Fsp3) is 0.150. The SMILES string of the molecule is C=CCOc1ccc(C(=O)Nc2ccccc2OCC(=C)C)cc1Br. The second kappa shape index (κ2) is 9.08. The van der Waals surface area contributed by atoms with Gasteiger partial charge in [0, 0.05) is 5.56 Å². The number of benzene rings is 2. The summed E-state index contributed by atoms with van der Waals surface area (Å²) in [7, 11) is 0. The third-order valence-electron chi connectivity index (χ3n) is 3.16. The molecule has 25 heavy (non-hydrogen) atoms. The third kappa shape index (κ3) is 5.50. The summed E-state index contributed by atoms with van der Waals surface area (Å²) in [4.78, 5) is 12.5. The van der Waals surface area contributed by atoms with Crippen LogP contribution < -0.4 is 14.8 Å². The fourth-order valence-corrected chi connectivity index (χ4v) is 2.49. The van der Waals surface area contributed by atoms with Gasteiger partial charge in [0.15, 0.2) is 0 Å². The van der Waals surface area contributed by atoms with Crippen molar-refractivity contribution >= 4 is 27.5 Å². The van der Waals surface area contributed by atoms with Crippen LogP contribution in [0.5, 0.6) is 11.5 Å². The number of carbonyl (C=O) groups is 1. The third-order valence-corrected chi connectivity index (χ3v) is 3.78. The zero-order valence-corrected chi connectivity index (χ0v) is 15.6. The van der Waals surface area contributed by atoms with Gasteiger partial charge in [0.2, 0.25) is 0 Å². The minimum Gasteiger partial charge on any atom is -0.488 e. The van der Waals surface area contributed by atoms with E-state index in [1.165, 1.54) is 0 Å². The summed E-state index contributed by atoms with van der Waals surface area (Å²) < 4.78 is 11.9. The Labute approximate surface area is 156 Å². The van der Waals surface area contributed by atoms with E-state index in [9.17, 15) is 4.79 Å². The number of nitrogens with one attached hydrogen (secondary N) is 1. The van der Waals surface area contributed by atoms with Crippen LogP contribution >= 0.6 is 15.9 Å². The van der Waals surface area contributed by atoms with Gasteiger partial charge in [-0.2, -0.15) is 0 Å². The van der Waals surface area contributed by atoms with Gasteiger partial charge < -0.3 is 14.8 Å². The molecule has 1 amide bonds. The molecule has 2 aromatic carbocycles. The van der Waals surface area contributed by atoms with E-state index in [1.54, 1.807) is 36.4 Å². The van der Waals surface area contributed by atoms with Crippen LogP contribution in [0.2, 0.25) is 0 Å². The molecule has 0 unspecified atom stereocenters. The molecule has 2 aromatic rings. The van der Waals surface area contributed by atoms with E-state index in [0.29, 0.717) is 40.4 Å². The number of ether oxygens (including phenoxy) is 2. The van der Waals surface area contributed by atoms with Crippen molar-refractivity contribution < 1.29 is 14.3 Å². The van der Waals surface area contributed by atoms with E-state index >= 15 is 0 Å². The van der Waals surface area contributed by atoms with Gasteiger partial charge in [-0.3, -0.25) is 4.79 Å². The molecule has 0 saturated heterocycles. The van der Waals surface area contributed by atoms with Crippen LogP contribution in [0.1, 0.15) is 17.3 Å². The first-order valence-electron chi connectivity index (χ1n) is 7.72. The highest BCUT2D eigenvalue weighted by Gasteiger charge is 2.12. The fourth-order valence-electron chi connectivity index (χ4n) is 2.00. The van der Waals surface area contributed by atoms with Crippen molar-refractivity contribution in [3.63, 3.8) is 0 Å².